The fraction of sp³-hybridized carbons (Fsp3) is 0.200. The third-order valence-electron chi connectivity index (χ3n) is 4.85. The third-order valence-corrected chi connectivity index (χ3v) is 4.85. The van der Waals surface area contributed by atoms with Gasteiger partial charge in [0.15, 0.2) is 0 Å². The Morgan fingerprint density at radius 3 is 2.54 bits per heavy atom. The molecule has 1 aliphatic heterocycles. The first kappa shape index (κ1) is 17.8. The van der Waals surface area contributed by atoms with Gasteiger partial charge in [0.25, 0.3) is 0 Å². The Kier molecular flexibility index (Phi) is 4.60. The number of benzene rings is 1. The monoisotopic (exact) mass is 380 g/mol. The van der Waals surface area contributed by atoms with Gasteiger partial charge in [0.2, 0.25) is 0 Å². The Labute approximate surface area is 160 Å². The van der Waals surface area contributed by atoms with E-state index in [1.54, 1.807) is 29.2 Å². The number of hydrogen-bond acceptors (Lipinski definition) is 4. The molecule has 7 nitrogen and oxygen atoms in total. The van der Waals surface area contributed by atoms with E-state index in [0.717, 1.165) is 17.4 Å². The van der Waals surface area contributed by atoms with Gasteiger partial charge in [-0.2, -0.15) is 5.10 Å². The molecule has 0 fully saturated rings. The van der Waals surface area contributed by atoms with Crippen LogP contribution in [0.3, 0.4) is 0 Å². The van der Waals surface area contributed by atoms with E-state index in [1.165, 1.54) is 17.0 Å². The summed E-state index contributed by atoms with van der Waals surface area (Å²) in [7, 11) is 0. The number of pyridine rings is 1. The maximum atomic E-state index is 13.4. The second-order valence-corrected chi connectivity index (χ2v) is 6.58. The highest BCUT2D eigenvalue weighted by molar-refractivity contribution is 5.83. The highest BCUT2D eigenvalue weighted by atomic mass is 19.1. The molecule has 142 valence electrons. The van der Waals surface area contributed by atoms with Crippen LogP contribution in [0.2, 0.25) is 0 Å². The summed E-state index contributed by atoms with van der Waals surface area (Å²) in [6.45, 7) is 0.331. The number of rotatable bonds is 4. The van der Waals surface area contributed by atoms with Crippen LogP contribution in [0.15, 0.2) is 48.8 Å². The van der Waals surface area contributed by atoms with Crippen LogP contribution in [0.5, 0.6) is 0 Å². The molecule has 1 atom stereocenters. The number of aldehydes is 1. The van der Waals surface area contributed by atoms with Crippen LogP contribution in [0, 0.1) is 5.82 Å². The highest BCUT2D eigenvalue weighted by Crippen LogP contribution is 2.38. The molecule has 1 aromatic carbocycles. The van der Waals surface area contributed by atoms with E-state index < -0.39 is 12.1 Å². The SMILES string of the molecule is O=CCC1CN(C(=O)O)Cc2c(-c3ccncc3)c(-c3ccc(F)cc3)nn21. The first-order valence-electron chi connectivity index (χ1n) is 8.77. The summed E-state index contributed by atoms with van der Waals surface area (Å²) in [4.78, 5) is 28.1. The molecule has 2 aromatic heterocycles. The van der Waals surface area contributed by atoms with E-state index in [0.29, 0.717) is 17.0 Å². The summed E-state index contributed by atoms with van der Waals surface area (Å²) < 4.78 is 15.1. The molecule has 4 rings (SSSR count). The summed E-state index contributed by atoms with van der Waals surface area (Å²) in [5.41, 5.74) is 3.61. The molecule has 8 heteroatoms. The number of carbonyl (C=O) groups excluding carboxylic acids is 1. The molecule has 1 amide bonds. The number of aromatic nitrogens is 3. The maximum Gasteiger partial charge on any atom is 0.407 e. The highest BCUT2D eigenvalue weighted by Gasteiger charge is 2.33. The number of nitrogens with zero attached hydrogens (tertiary/aromatic N) is 4. The molecule has 0 saturated carbocycles. The molecule has 3 heterocycles. The molecule has 0 spiro atoms. The second-order valence-electron chi connectivity index (χ2n) is 6.58. The summed E-state index contributed by atoms with van der Waals surface area (Å²) in [6.07, 6.45) is 3.16. The normalized spacial score (nSPS) is 15.9. The molecule has 0 bridgehead atoms. The molecule has 28 heavy (non-hydrogen) atoms. The average Bonchev–Trinajstić information content (AvgIpc) is 3.09. The Bertz CT molecular complexity index is 1020. The van der Waals surface area contributed by atoms with Crippen LogP contribution in [0.25, 0.3) is 22.4 Å². The van der Waals surface area contributed by atoms with Crippen molar-refractivity contribution in [3.05, 3.63) is 60.3 Å². The van der Waals surface area contributed by atoms with Gasteiger partial charge in [-0.15, -0.1) is 0 Å². The van der Waals surface area contributed by atoms with Crippen molar-refractivity contribution in [2.45, 2.75) is 19.0 Å². The van der Waals surface area contributed by atoms with Crippen LogP contribution in [-0.4, -0.2) is 43.7 Å². The summed E-state index contributed by atoms with van der Waals surface area (Å²) in [6, 6.07) is 9.23. The molecule has 1 N–H and O–H groups in total. The van der Waals surface area contributed by atoms with Gasteiger partial charge in [0.1, 0.15) is 17.8 Å². The molecule has 0 saturated heterocycles. The molecular formula is C20H17FN4O3. The Morgan fingerprint density at radius 2 is 1.89 bits per heavy atom. The first-order valence-corrected chi connectivity index (χ1v) is 8.77. The van der Waals surface area contributed by atoms with Gasteiger partial charge < -0.3 is 14.8 Å². The van der Waals surface area contributed by atoms with Gasteiger partial charge in [0.05, 0.1) is 18.3 Å². The standard InChI is InChI=1S/C20H17FN4O3/c21-15-3-1-14(2-4-15)19-18(13-5-8-22-9-6-13)17-12-24(20(27)28)11-16(7-10-26)25(17)23-19/h1-6,8-10,16H,7,11-12H2,(H,27,28). The maximum absolute atomic E-state index is 13.4. The fourth-order valence-corrected chi connectivity index (χ4v) is 3.56. The number of amides is 1. The lowest BCUT2D eigenvalue weighted by Crippen LogP contribution is -2.40. The van der Waals surface area contributed by atoms with Crippen molar-refractivity contribution < 1.29 is 19.1 Å². The van der Waals surface area contributed by atoms with Crippen LogP contribution < -0.4 is 0 Å². The molecule has 1 unspecified atom stereocenters. The molecule has 0 aliphatic carbocycles. The summed E-state index contributed by atoms with van der Waals surface area (Å²) >= 11 is 0. The zero-order chi connectivity index (χ0) is 19.7. The quantitative estimate of drug-likeness (QED) is 0.701. The van der Waals surface area contributed by atoms with Crippen LogP contribution in [0.1, 0.15) is 18.2 Å². The first-order chi connectivity index (χ1) is 13.6. The Morgan fingerprint density at radius 1 is 1.18 bits per heavy atom. The van der Waals surface area contributed by atoms with Gasteiger partial charge in [0, 0.05) is 36.5 Å². The molecular weight excluding hydrogens is 363 g/mol. The third kappa shape index (κ3) is 3.13. The minimum atomic E-state index is -1.05. The lowest BCUT2D eigenvalue weighted by molar-refractivity contribution is -0.108. The fourth-order valence-electron chi connectivity index (χ4n) is 3.56. The Hall–Kier alpha value is -3.55. The van der Waals surface area contributed by atoms with Crippen molar-refractivity contribution in [1.82, 2.24) is 19.7 Å². The number of halogens is 1. The lowest BCUT2D eigenvalue weighted by Gasteiger charge is -2.31. The predicted octanol–water partition coefficient (Wildman–Crippen LogP) is 3.37. The number of hydrogen-bond donors (Lipinski definition) is 1. The van der Waals surface area contributed by atoms with E-state index in [4.69, 9.17) is 5.10 Å². The second kappa shape index (κ2) is 7.22. The summed E-state index contributed by atoms with van der Waals surface area (Å²) in [5.74, 6) is -0.353. The van der Waals surface area contributed by atoms with Crippen molar-refractivity contribution in [3.8, 4) is 22.4 Å². The predicted molar refractivity (Wildman–Crippen MR) is 99.0 cm³/mol. The van der Waals surface area contributed by atoms with E-state index in [1.807, 2.05) is 12.1 Å². The zero-order valence-corrected chi connectivity index (χ0v) is 14.8. The van der Waals surface area contributed by atoms with Gasteiger partial charge in [-0.25, -0.2) is 9.18 Å². The van der Waals surface area contributed by atoms with E-state index in [2.05, 4.69) is 4.98 Å². The van der Waals surface area contributed by atoms with Crippen LogP contribution in [0.4, 0.5) is 9.18 Å². The van der Waals surface area contributed by atoms with E-state index in [9.17, 15) is 19.1 Å². The minimum Gasteiger partial charge on any atom is -0.465 e. The topological polar surface area (TPSA) is 88.3 Å². The largest absolute Gasteiger partial charge is 0.465 e. The number of carbonyl (C=O) groups is 2. The van der Waals surface area contributed by atoms with Gasteiger partial charge in [-0.05, 0) is 42.0 Å². The Balaban J connectivity index is 1.95. The zero-order valence-electron chi connectivity index (χ0n) is 14.8. The van der Waals surface area contributed by atoms with E-state index >= 15 is 0 Å². The lowest BCUT2D eigenvalue weighted by atomic mass is 9.98. The van der Waals surface area contributed by atoms with Gasteiger partial charge in [-0.3, -0.25) is 9.67 Å². The van der Waals surface area contributed by atoms with Crippen molar-refractivity contribution in [1.29, 1.82) is 0 Å². The average molecular weight is 380 g/mol. The van der Waals surface area contributed by atoms with Crippen LogP contribution >= 0.6 is 0 Å². The van der Waals surface area contributed by atoms with Crippen LogP contribution in [-0.2, 0) is 11.3 Å². The summed E-state index contributed by atoms with van der Waals surface area (Å²) in [5, 5.41) is 14.2. The van der Waals surface area contributed by atoms with Crippen molar-refractivity contribution in [2.75, 3.05) is 6.54 Å². The van der Waals surface area contributed by atoms with Crippen molar-refractivity contribution in [2.24, 2.45) is 0 Å². The minimum absolute atomic E-state index is 0.149. The van der Waals surface area contributed by atoms with Crippen molar-refractivity contribution >= 4 is 12.4 Å². The number of fused-ring (bicyclic) bond motifs is 1. The molecule has 1 aliphatic rings. The molecule has 3 aromatic rings. The number of carboxylic acid groups (broad SMARTS) is 1. The molecule has 0 radical (unpaired) electrons. The smallest absolute Gasteiger partial charge is 0.407 e. The van der Waals surface area contributed by atoms with Gasteiger partial charge >= 0.3 is 6.09 Å². The van der Waals surface area contributed by atoms with Crippen molar-refractivity contribution in [3.63, 3.8) is 0 Å². The van der Waals surface area contributed by atoms with E-state index in [-0.39, 0.29) is 25.3 Å². The van der Waals surface area contributed by atoms with Gasteiger partial charge in [-0.1, -0.05) is 0 Å².